The van der Waals surface area contributed by atoms with E-state index in [-0.39, 0.29) is 23.5 Å². The zero-order chi connectivity index (χ0) is 13.6. The molecule has 0 aliphatic carbocycles. The monoisotopic (exact) mass is 242 g/mol. The van der Waals surface area contributed by atoms with E-state index in [4.69, 9.17) is 0 Å². The maximum absolute atomic E-state index is 11.8. The molecule has 17 heavy (non-hydrogen) atoms. The topological polar surface area (TPSA) is 58.2 Å². The third-order valence-electron chi connectivity index (χ3n) is 3.14. The Morgan fingerprint density at radius 2 is 1.76 bits per heavy atom. The van der Waals surface area contributed by atoms with Crippen LogP contribution in [0, 0.1) is 5.92 Å². The minimum Gasteiger partial charge on any atom is -0.308 e. The second-order valence-electron chi connectivity index (χ2n) is 5.33. The van der Waals surface area contributed by atoms with Crippen molar-refractivity contribution in [3.8, 4) is 0 Å². The van der Waals surface area contributed by atoms with Crippen LogP contribution in [0.5, 0.6) is 0 Å². The van der Waals surface area contributed by atoms with Gasteiger partial charge in [-0.1, -0.05) is 13.8 Å². The number of carbonyl (C=O) groups excluding carboxylic acids is 2. The maximum atomic E-state index is 11.8. The average Bonchev–Trinajstić information content (AvgIpc) is 2.22. The summed E-state index contributed by atoms with van der Waals surface area (Å²) in [7, 11) is 1.78. The highest BCUT2D eigenvalue weighted by Gasteiger charge is 2.25. The van der Waals surface area contributed by atoms with Gasteiger partial charge in [-0.25, -0.2) is 0 Å². The van der Waals surface area contributed by atoms with Crippen molar-refractivity contribution in [2.45, 2.75) is 52.6 Å². The first-order valence-corrected chi connectivity index (χ1v) is 6.18. The summed E-state index contributed by atoms with van der Waals surface area (Å²) in [6.07, 6.45) is 0.435. The molecule has 1 atom stereocenters. The Kier molecular flexibility index (Phi) is 6.57. The van der Waals surface area contributed by atoms with Crippen LogP contribution in [-0.4, -0.2) is 36.7 Å². The molecular weight excluding hydrogens is 216 g/mol. The van der Waals surface area contributed by atoms with E-state index in [1.807, 2.05) is 27.7 Å². The summed E-state index contributed by atoms with van der Waals surface area (Å²) in [6.45, 7) is 9.85. The molecule has 0 rings (SSSR count). The molecule has 0 unspecified atom stereocenters. The van der Waals surface area contributed by atoms with Crippen molar-refractivity contribution >= 4 is 11.6 Å². The number of Topliss-reactive ketones (excluding diaryl/α,β-unsaturated/α-hetero) is 2. The van der Waals surface area contributed by atoms with Crippen molar-refractivity contribution in [1.29, 1.82) is 0 Å². The van der Waals surface area contributed by atoms with Gasteiger partial charge in [-0.2, -0.15) is 0 Å². The highest BCUT2D eigenvalue weighted by atomic mass is 16.1. The smallest absolute Gasteiger partial charge is 0.153 e. The third kappa shape index (κ3) is 5.41. The van der Waals surface area contributed by atoms with Gasteiger partial charge in [0.2, 0.25) is 0 Å². The van der Waals surface area contributed by atoms with E-state index in [1.165, 1.54) is 0 Å². The van der Waals surface area contributed by atoms with Gasteiger partial charge in [-0.15, -0.1) is 0 Å². The summed E-state index contributed by atoms with van der Waals surface area (Å²) in [4.78, 5) is 23.2. The maximum Gasteiger partial charge on any atom is 0.153 e. The van der Waals surface area contributed by atoms with E-state index >= 15 is 0 Å². The van der Waals surface area contributed by atoms with Gasteiger partial charge in [0.1, 0.15) is 5.78 Å². The Balaban J connectivity index is 4.14. The average molecular weight is 242 g/mol. The van der Waals surface area contributed by atoms with Crippen molar-refractivity contribution in [3.05, 3.63) is 0 Å². The highest BCUT2D eigenvalue weighted by molar-refractivity contribution is 5.87. The van der Waals surface area contributed by atoms with Gasteiger partial charge in [-0.05, 0) is 33.7 Å². The zero-order valence-corrected chi connectivity index (χ0v) is 11.9. The lowest BCUT2D eigenvalue weighted by molar-refractivity contribution is -0.124. The summed E-state index contributed by atoms with van der Waals surface area (Å²) >= 11 is 0. The van der Waals surface area contributed by atoms with Gasteiger partial charge >= 0.3 is 0 Å². The molecule has 0 aromatic heterocycles. The first-order chi connectivity index (χ1) is 7.72. The van der Waals surface area contributed by atoms with Gasteiger partial charge < -0.3 is 10.6 Å². The Morgan fingerprint density at radius 3 is 2.12 bits per heavy atom. The molecule has 0 spiro atoms. The van der Waals surface area contributed by atoms with Crippen molar-refractivity contribution in [2.75, 3.05) is 13.6 Å². The molecular formula is C13H26N2O2. The predicted molar refractivity (Wildman–Crippen MR) is 70.1 cm³/mol. The van der Waals surface area contributed by atoms with Gasteiger partial charge in [0.25, 0.3) is 0 Å². The van der Waals surface area contributed by atoms with E-state index in [2.05, 4.69) is 10.6 Å². The quantitative estimate of drug-likeness (QED) is 0.670. The van der Waals surface area contributed by atoms with Crippen molar-refractivity contribution < 1.29 is 9.59 Å². The van der Waals surface area contributed by atoms with E-state index in [1.54, 1.807) is 14.0 Å². The van der Waals surface area contributed by atoms with Crippen LogP contribution in [0.15, 0.2) is 0 Å². The standard InChI is InChI=1S/C13H26N2O2/c1-9(2)12(10(3)16)15-8-7-11(17)13(4,5)14-6/h9,12,14-15H,7-8H2,1-6H3/t12-/m0/s1. The van der Waals surface area contributed by atoms with Crippen LogP contribution in [0.25, 0.3) is 0 Å². The van der Waals surface area contributed by atoms with E-state index in [0.717, 1.165) is 0 Å². The Hall–Kier alpha value is -0.740. The molecule has 0 heterocycles. The number of likely N-dealkylation sites (N-methyl/N-ethyl adjacent to an activating group) is 1. The van der Waals surface area contributed by atoms with Gasteiger partial charge in [-0.3, -0.25) is 9.59 Å². The summed E-state index contributed by atoms with van der Waals surface area (Å²) in [5, 5.41) is 6.13. The van der Waals surface area contributed by atoms with Crippen molar-refractivity contribution in [1.82, 2.24) is 10.6 Å². The molecule has 0 saturated heterocycles. The number of hydrogen-bond acceptors (Lipinski definition) is 4. The zero-order valence-electron chi connectivity index (χ0n) is 11.9. The molecule has 0 saturated carbocycles. The van der Waals surface area contributed by atoms with Crippen molar-refractivity contribution in [2.24, 2.45) is 5.92 Å². The normalized spacial score (nSPS) is 13.8. The lowest BCUT2D eigenvalue weighted by Crippen LogP contribution is -2.47. The Bertz CT molecular complexity index is 273. The first kappa shape index (κ1) is 16.3. The molecule has 0 aliphatic heterocycles. The number of carbonyl (C=O) groups is 2. The minimum absolute atomic E-state index is 0.125. The fourth-order valence-corrected chi connectivity index (χ4v) is 1.64. The number of rotatable bonds is 8. The Morgan fingerprint density at radius 1 is 1.24 bits per heavy atom. The van der Waals surface area contributed by atoms with Crippen LogP contribution in [-0.2, 0) is 9.59 Å². The molecule has 2 N–H and O–H groups in total. The SMILES string of the molecule is CNC(C)(C)C(=O)CCN[C@H](C(C)=O)C(C)C. The van der Waals surface area contributed by atoms with E-state index < -0.39 is 5.54 Å². The molecule has 0 aliphatic rings. The fourth-order valence-electron chi connectivity index (χ4n) is 1.64. The summed E-state index contributed by atoms with van der Waals surface area (Å²) in [5.74, 6) is 0.527. The van der Waals surface area contributed by atoms with Crippen molar-refractivity contribution in [3.63, 3.8) is 0 Å². The molecule has 0 amide bonds. The highest BCUT2D eigenvalue weighted by Crippen LogP contribution is 2.07. The Labute approximate surface area is 105 Å². The molecule has 0 aromatic rings. The molecule has 0 radical (unpaired) electrons. The largest absolute Gasteiger partial charge is 0.308 e. The van der Waals surface area contributed by atoms with Gasteiger partial charge in [0.05, 0.1) is 11.6 Å². The second kappa shape index (κ2) is 6.87. The van der Waals surface area contributed by atoms with Gasteiger partial charge in [0, 0.05) is 13.0 Å². The predicted octanol–water partition coefficient (Wildman–Crippen LogP) is 1.15. The molecule has 100 valence electrons. The third-order valence-corrected chi connectivity index (χ3v) is 3.14. The summed E-state index contributed by atoms with van der Waals surface area (Å²) < 4.78 is 0. The molecule has 4 heteroatoms. The number of nitrogens with one attached hydrogen (secondary N) is 2. The summed E-state index contributed by atoms with van der Waals surface area (Å²) in [6, 6.07) is -0.152. The number of ketones is 2. The lowest BCUT2D eigenvalue weighted by Gasteiger charge is -2.24. The van der Waals surface area contributed by atoms with Crippen LogP contribution in [0.3, 0.4) is 0 Å². The number of hydrogen-bond donors (Lipinski definition) is 2. The van der Waals surface area contributed by atoms with Crippen LogP contribution >= 0.6 is 0 Å². The fraction of sp³-hybridized carbons (Fsp3) is 0.846. The second-order valence-corrected chi connectivity index (χ2v) is 5.33. The van der Waals surface area contributed by atoms with Crippen LogP contribution < -0.4 is 10.6 Å². The molecule has 4 nitrogen and oxygen atoms in total. The van der Waals surface area contributed by atoms with Crippen LogP contribution in [0.2, 0.25) is 0 Å². The summed E-state index contributed by atoms with van der Waals surface area (Å²) in [5.41, 5.74) is -0.495. The van der Waals surface area contributed by atoms with E-state index in [9.17, 15) is 9.59 Å². The van der Waals surface area contributed by atoms with Crippen LogP contribution in [0.4, 0.5) is 0 Å². The minimum atomic E-state index is -0.495. The molecule has 0 bridgehead atoms. The first-order valence-electron chi connectivity index (χ1n) is 6.18. The molecule has 0 aromatic carbocycles. The molecule has 0 fully saturated rings. The van der Waals surface area contributed by atoms with E-state index in [0.29, 0.717) is 13.0 Å². The lowest BCUT2D eigenvalue weighted by atomic mass is 9.96. The van der Waals surface area contributed by atoms with Crippen LogP contribution in [0.1, 0.15) is 41.0 Å². The van der Waals surface area contributed by atoms with Gasteiger partial charge in [0.15, 0.2) is 5.78 Å².